The third kappa shape index (κ3) is 4.09. The van der Waals surface area contributed by atoms with Gasteiger partial charge in [0.15, 0.2) is 0 Å². The van der Waals surface area contributed by atoms with Gasteiger partial charge in [-0.1, -0.05) is 0 Å². The number of halogens is 11. The predicted octanol–water partition coefficient (Wildman–Crippen LogP) is 3.22. The summed E-state index contributed by atoms with van der Waals surface area (Å²) in [5, 5.41) is 0. The number of rotatable bonds is 2. The van der Waals surface area contributed by atoms with Crippen molar-refractivity contribution in [2.45, 2.75) is 30.6 Å². The summed E-state index contributed by atoms with van der Waals surface area (Å²) >= 11 is 0. The van der Waals surface area contributed by atoms with Gasteiger partial charge < -0.3 is 4.74 Å². The largest absolute Gasteiger partial charge is 0.465 e. The van der Waals surface area contributed by atoms with E-state index in [1.807, 2.05) is 0 Å². The number of ether oxygens (including phenoxy) is 1. The Morgan fingerprint density at radius 1 is 0.737 bits per heavy atom. The van der Waals surface area contributed by atoms with E-state index >= 15 is 0 Å². The molecule has 0 atom stereocenters. The van der Waals surface area contributed by atoms with Crippen LogP contribution in [0.5, 0.6) is 0 Å². The molecule has 0 bridgehead atoms. The Morgan fingerprint density at radius 3 is 1.26 bits per heavy atom. The minimum atomic E-state index is -6.69. The molecular weight excluding hydrogens is 313 g/mol. The molecule has 0 aliphatic rings. The van der Waals surface area contributed by atoms with Crippen LogP contribution < -0.4 is 0 Å². The summed E-state index contributed by atoms with van der Waals surface area (Å²) in [7, 11) is 0. The number of carbonyl (C=O) groups is 1. The van der Waals surface area contributed by atoms with Crippen LogP contribution in [0.25, 0.3) is 0 Å². The quantitative estimate of drug-likeness (QED) is 0.578. The summed E-state index contributed by atoms with van der Waals surface area (Å²) in [6, 6.07) is 0. The van der Waals surface area contributed by atoms with Gasteiger partial charge in [0, 0.05) is 0 Å². The van der Waals surface area contributed by atoms with E-state index in [1.54, 1.807) is 0 Å². The number of hydrogen-bond acceptors (Lipinski definition) is 2. The summed E-state index contributed by atoms with van der Waals surface area (Å²) in [5.41, 5.74) is 0. The van der Waals surface area contributed by atoms with Crippen LogP contribution in [0.15, 0.2) is 0 Å². The zero-order valence-electron chi connectivity index (χ0n) is 8.05. The van der Waals surface area contributed by atoms with E-state index in [-0.39, 0.29) is 0 Å². The number of carbonyl (C=O) groups excluding carboxylic acids is 1. The molecule has 0 radical (unpaired) electrons. The van der Waals surface area contributed by atoms with Gasteiger partial charge in [-0.2, -0.15) is 48.3 Å². The third-order valence-corrected chi connectivity index (χ3v) is 1.43. The van der Waals surface area contributed by atoms with Crippen molar-refractivity contribution in [2.24, 2.45) is 0 Å². The molecule has 0 spiro atoms. The molecule has 19 heavy (non-hydrogen) atoms. The second kappa shape index (κ2) is 4.67. The first-order chi connectivity index (χ1) is 8.01. The topological polar surface area (TPSA) is 26.3 Å². The maximum Gasteiger partial charge on any atom is 0.465 e. The molecular formula is C6HF11O2. The van der Waals surface area contributed by atoms with Crippen LogP contribution in [0.1, 0.15) is 0 Å². The molecule has 0 aromatic heterocycles. The highest BCUT2D eigenvalue weighted by Gasteiger charge is 2.68. The van der Waals surface area contributed by atoms with E-state index in [9.17, 15) is 53.1 Å². The normalized spacial score (nSPS) is 14.7. The fraction of sp³-hybridized carbons (Fsp3) is 0.833. The number of hydrogen-bond donors (Lipinski definition) is 0. The Hall–Kier alpha value is -1.30. The Bertz CT molecular complexity index is 321. The minimum absolute atomic E-state index is 2.21. The van der Waals surface area contributed by atoms with Gasteiger partial charge in [-0.15, -0.1) is 0 Å². The Labute approximate surface area is 95.7 Å². The molecule has 0 heterocycles. The zero-order valence-corrected chi connectivity index (χ0v) is 8.05. The van der Waals surface area contributed by atoms with Crippen LogP contribution in [-0.2, 0) is 9.53 Å². The molecule has 0 aromatic rings. The van der Waals surface area contributed by atoms with Crippen LogP contribution in [0.2, 0.25) is 0 Å². The molecule has 13 heteroatoms. The zero-order chi connectivity index (χ0) is 15.9. The van der Waals surface area contributed by atoms with Crippen LogP contribution >= 0.6 is 0 Å². The first-order valence-corrected chi connectivity index (χ1v) is 3.80. The highest BCUT2D eigenvalue weighted by atomic mass is 19.4. The van der Waals surface area contributed by atoms with E-state index in [0.29, 0.717) is 0 Å². The van der Waals surface area contributed by atoms with Gasteiger partial charge >= 0.3 is 30.4 Å². The van der Waals surface area contributed by atoms with Crippen LogP contribution in [-0.4, -0.2) is 36.5 Å². The van der Waals surface area contributed by atoms with Gasteiger partial charge in [-0.25, -0.2) is 4.79 Å². The summed E-state index contributed by atoms with van der Waals surface area (Å²) in [5.74, 6) is -10.5. The lowest BCUT2D eigenvalue weighted by molar-refractivity contribution is -0.330. The average Bonchev–Trinajstić information content (AvgIpc) is 2.07. The van der Waals surface area contributed by atoms with Gasteiger partial charge in [0.2, 0.25) is 0 Å². The fourth-order valence-electron chi connectivity index (χ4n) is 0.616. The van der Waals surface area contributed by atoms with Crippen molar-refractivity contribution in [3.05, 3.63) is 0 Å². The Balaban J connectivity index is 5.26. The van der Waals surface area contributed by atoms with E-state index in [2.05, 4.69) is 4.74 Å². The molecule has 0 N–H and O–H groups in total. The molecule has 0 rings (SSSR count). The van der Waals surface area contributed by atoms with Gasteiger partial charge in [0.05, 0.1) is 0 Å². The smallest absolute Gasteiger partial charge is 0.438 e. The second-order valence-corrected chi connectivity index (χ2v) is 2.94. The highest BCUT2D eigenvalue weighted by molar-refractivity contribution is 5.78. The lowest BCUT2D eigenvalue weighted by Crippen LogP contribution is -2.52. The molecule has 0 fully saturated rings. The molecule has 0 aromatic carbocycles. The van der Waals surface area contributed by atoms with E-state index in [0.717, 1.165) is 0 Å². The predicted molar refractivity (Wildman–Crippen MR) is 33.0 cm³/mol. The molecule has 0 amide bonds. The van der Waals surface area contributed by atoms with Crippen molar-refractivity contribution in [3.8, 4) is 0 Å². The Kier molecular flexibility index (Phi) is 4.35. The van der Waals surface area contributed by atoms with Crippen molar-refractivity contribution in [3.63, 3.8) is 0 Å². The average molecular weight is 314 g/mol. The maximum atomic E-state index is 12.1. The lowest BCUT2D eigenvalue weighted by atomic mass is 10.3. The maximum absolute atomic E-state index is 12.1. The van der Waals surface area contributed by atoms with Crippen LogP contribution in [0.3, 0.4) is 0 Å². The van der Waals surface area contributed by atoms with Crippen LogP contribution in [0, 0.1) is 0 Å². The molecule has 114 valence electrons. The minimum Gasteiger partial charge on any atom is -0.438 e. The molecule has 0 aliphatic heterocycles. The van der Waals surface area contributed by atoms with Gasteiger partial charge in [-0.3, -0.25) is 0 Å². The van der Waals surface area contributed by atoms with E-state index < -0.39 is 36.5 Å². The number of alkyl halides is 11. The van der Waals surface area contributed by atoms with Crippen LogP contribution in [0.4, 0.5) is 48.3 Å². The van der Waals surface area contributed by atoms with Gasteiger partial charge in [-0.05, 0) is 0 Å². The van der Waals surface area contributed by atoms with E-state index in [4.69, 9.17) is 0 Å². The summed E-state index contributed by atoms with van der Waals surface area (Å²) in [6.45, 7) is 0. The molecule has 2 nitrogen and oxygen atoms in total. The van der Waals surface area contributed by atoms with Crippen molar-refractivity contribution in [1.82, 2.24) is 0 Å². The van der Waals surface area contributed by atoms with Crippen molar-refractivity contribution >= 4 is 5.97 Å². The Morgan fingerprint density at radius 2 is 1.05 bits per heavy atom. The second-order valence-electron chi connectivity index (χ2n) is 2.94. The van der Waals surface area contributed by atoms with Gasteiger partial charge in [0.25, 0.3) is 6.10 Å². The van der Waals surface area contributed by atoms with Gasteiger partial charge in [0.1, 0.15) is 0 Å². The van der Waals surface area contributed by atoms with Crippen molar-refractivity contribution in [1.29, 1.82) is 0 Å². The summed E-state index contributed by atoms with van der Waals surface area (Å²) in [6.07, 6.45) is -24.6. The van der Waals surface area contributed by atoms with Crippen molar-refractivity contribution < 1.29 is 57.8 Å². The molecule has 0 saturated heterocycles. The fourth-order valence-corrected chi connectivity index (χ4v) is 0.616. The molecule has 0 saturated carbocycles. The lowest BCUT2D eigenvalue weighted by Gasteiger charge is -2.25. The third-order valence-electron chi connectivity index (χ3n) is 1.43. The molecule has 0 unspecified atom stereocenters. The first kappa shape index (κ1) is 17.7. The summed E-state index contributed by atoms with van der Waals surface area (Å²) in [4.78, 5) is 10.1. The highest BCUT2D eigenvalue weighted by Crippen LogP contribution is 2.40. The SMILES string of the molecule is O=C(OC(C(F)(F)F)C(F)(F)F)C(F)(F)C(F)(F)F. The number of esters is 1. The standard InChI is InChI=1S/C6HF11O2/c7-3(8,6(15,16)17)2(18)19-1(4(9,10)11)5(12,13)14/h1H. The first-order valence-electron chi connectivity index (χ1n) is 3.80. The van der Waals surface area contributed by atoms with E-state index in [1.165, 1.54) is 0 Å². The monoisotopic (exact) mass is 314 g/mol. The molecule has 0 aliphatic carbocycles. The summed E-state index contributed by atoms with van der Waals surface area (Å²) < 4.78 is 131. The van der Waals surface area contributed by atoms with Crippen molar-refractivity contribution in [2.75, 3.05) is 0 Å².